The highest BCUT2D eigenvalue weighted by Crippen LogP contribution is 2.32. The van der Waals surface area contributed by atoms with Crippen LogP contribution in [-0.2, 0) is 4.79 Å². The Balaban J connectivity index is 2.11. The van der Waals surface area contributed by atoms with E-state index >= 15 is 0 Å². The summed E-state index contributed by atoms with van der Waals surface area (Å²) < 4.78 is -1.99. The van der Waals surface area contributed by atoms with Crippen molar-refractivity contribution < 1.29 is 4.79 Å². The lowest BCUT2D eigenvalue weighted by Gasteiger charge is -2.29. The molecule has 1 amide bonds. The number of rotatable bonds is 2. The third-order valence-electron chi connectivity index (χ3n) is 3.16. The van der Waals surface area contributed by atoms with E-state index < -0.39 is 9.70 Å². The molecule has 1 aliphatic heterocycles. The first kappa shape index (κ1) is 16.0. The minimum Gasteiger partial charge on any atom is -0.370 e. The van der Waals surface area contributed by atoms with E-state index in [9.17, 15) is 4.79 Å². The monoisotopic (exact) mass is 354 g/mol. The van der Waals surface area contributed by atoms with Gasteiger partial charge in [-0.15, -0.1) is 0 Å². The van der Waals surface area contributed by atoms with Crippen LogP contribution in [0.4, 0.5) is 11.4 Å². The van der Waals surface area contributed by atoms with Crippen LogP contribution >= 0.6 is 46.4 Å². The van der Waals surface area contributed by atoms with Crippen LogP contribution in [-0.4, -0.2) is 22.8 Å². The van der Waals surface area contributed by atoms with Crippen molar-refractivity contribution >= 4 is 63.7 Å². The van der Waals surface area contributed by atoms with Gasteiger partial charge in [-0.3, -0.25) is 4.79 Å². The predicted octanol–water partition coefficient (Wildman–Crippen LogP) is 4.64. The van der Waals surface area contributed by atoms with Gasteiger partial charge in [0.2, 0.25) is 0 Å². The first-order valence-electron chi connectivity index (χ1n) is 6.30. The molecule has 1 aromatic carbocycles. The zero-order valence-corrected chi connectivity index (χ0v) is 13.7. The van der Waals surface area contributed by atoms with Crippen LogP contribution in [0.25, 0.3) is 0 Å². The highest BCUT2D eigenvalue weighted by Gasteiger charge is 2.30. The third kappa shape index (κ3) is 4.08. The Labute approximate surface area is 138 Å². The largest absolute Gasteiger partial charge is 0.370 e. The number of amides is 1. The van der Waals surface area contributed by atoms with Gasteiger partial charge in [-0.05, 0) is 37.5 Å². The number of nitrogens with zero attached hydrogens (tertiary/aromatic N) is 1. The van der Waals surface area contributed by atoms with Crippen molar-refractivity contribution in [2.24, 2.45) is 0 Å². The summed E-state index contributed by atoms with van der Waals surface area (Å²) in [5, 5.41) is 3.09. The standard InChI is InChI=1S/C13H14Cl4N2O/c14-10-8-9(18-12(20)13(15,16)17)4-5-11(10)19-6-2-1-3-7-19/h4-5,8H,1-3,6-7H2,(H,18,20). The third-order valence-corrected chi connectivity index (χ3v) is 3.98. The normalized spacial score (nSPS) is 16.1. The fourth-order valence-electron chi connectivity index (χ4n) is 2.18. The van der Waals surface area contributed by atoms with E-state index in [1.54, 1.807) is 12.1 Å². The number of nitrogens with one attached hydrogen (secondary N) is 1. The van der Waals surface area contributed by atoms with Crippen LogP contribution in [0.3, 0.4) is 0 Å². The fourth-order valence-corrected chi connectivity index (χ4v) is 2.62. The smallest absolute Gasteiger partial charge is 0.276 e. The lowest BCUT2D eigenvalue weighted by atomic mass is 10.1. The highest BCUT2D eigenvalue weighted by molar-refractivity contribution is 6.76. The molecule has 0 bridgehead atoms. The number of hydrogen-bond donors (Lipinski definition) is 1. The van der Waals surface area contributed by atoms with Gasteiger partial charge in [0.1, 0.15) is 0 Å². The molecule has 2 rings (SSSR count). The van der Waals surface area contributed by atoms with Gasteiger partial charge in [-0.2, -0.15) is 0 Å². The number of hydrogen-bond acceptors (Lipinski definition) is 2. The lowest BCUT2D eigenvalue weighted by Crippen LogP contribution is -2.29. The van der Waals surface area contributed by atoms with E-state index in [0.29, 0.717) is 10.7 Å². The maximum absolute atomic E-state index is 11.6. The molecule has 0 unspecified atom stereocenters. The van der Waals surface area contributed by atoms with Crippen molar-refractivity contribution in [3.63, 3.8) is 0 Å². The van der Waals surface area contributed by atoms with Gasteiger partial charge in [0, 0.05) is 18.8 Å². The minimum absolute atomic E-state index is 0.507. The second-order valence-electron chi connectivity index (χ2n) is 4.67. The van der Waals surface area contributed by atoms with E-state index in [-0.39, 0.29) is 0 Å². The van der Waals surface area contributed by atoms with Crippen molar-refractivity contribution in [3.8, 4) is 0 Å². The zero-order chi connectivity index (χ0) is 14.8. The highest BCUT2D eigenvalue weighted by atomic mass is 35.6. The maximum atomic E-state index is 11.6. The number of carbonyl (C=O) groups is 1. The van der Waals surface area contributed by atoms with Crippen LogP contribution in [0.5, 0.6) is 0 Å². The van der Waals surface area contributed by atoms with Gasteiger partial charge < -0.3 is 10.2 Å². The summed E-state index contributed by atoms with van der Waals surface area (Å²) in [5.41, 5.74) is 1.48. The Bertz CT molecular complexity index is 496. The predicted molar refractivity (Wildman–Crippen MR) is 86.4 cm³/mol. The fraction of sp³-hybridized carbons (Fsp3) is 0.462. The molecule has 1 aliphatic rings. The first-order chi connectivity index (χ1) is 9.38. The van der Waals surface area contributed by atoms with Crippen LogP contribution in [0, 0.1) is 0 Å². The first-order valence-corrected chi connectivity index (χ1v) is 7.82. The van der Waals surface area contributed by atoms with Crippen LogP contribution in [0.1, 0.15) is 19.3 Å². The molecule has 20 heavy (non-hydrogen) atoms. The maximum Gasteiger partial charge on any atom is 0.276 e. The number of piperidine rings is 1. The Kier molecular flexibility index (Phi) is 5.30. The Morgan fingerprint density at radius 3 is 2.35 bits per heavy atom. The molecule has 0 saturated carbocycles. The summed E-state index contributed by atoms with van der Waals surface area (Å²) in [4.78, 5) is 13.8. The van der Waals surface area contributed by atoms with Gasteiger partial charge in [0.25, 0.3) is 9.70 Å². The molecule has 0 radical (unpaired) electrons. The lowest BCUT2D eigenvalue weighted by molar-refractivity contribution is -0.115. The van der Waals surface area contributed by atoms with Gasteiger partial charge >= 0.3 is 0 Å². The summed E-state index contributed by atoms with van der Waals surface area (Å²) in [7, 11) is 0. The van der Waals surface area contributed by atoms with E-state index in [1.807, 2.05) is 6.07 Å². The molecule has 3 nitrogen and oxygen atoms in total. The molecule has 1 heterocycles. The summed E-state index contributed by atoms with van der Waals surface area (Å²) in [6.45, 7) is 2.00. The van der Waals surface area contributed by atoms with E-state index in [1.165, 1.54) is 19.3 Å². The van der Waals surface area contributed by atoms with Crippen molar-refractivity contribution in [2.75, 3.05) is 23.3 Å². The Morgan fingerprint density at radius 1 is 1.15 bits per heavy atom. The summed E-state index contributed by atoms with van der Waals surface area (Å²) in [6.07, 6.45) is 3.59. The summed E-state index contributed by atoms with van der Waals surface area (Å²) in [5.74, 6) is -0.704. The molecule has 0 spiro atoms. The molecule has 110 valence electrons. The van der Waals surface area contributed by atoms with E-state index in [4.69, 9.17) is 46.4 Å². The van der Waals surface area contributed by atoms with Gasteiger partial charge in [0.15, 0.2) is 0 Å². The number of carbonyl (C=O) groups excluding carboxylic acids is 1. The molecule has 0 atom stereocenters. The van der Waals surface area contributed by atoms with Gasteiger partial charge in [-0.25, -0.2) is 0 Å². The van der Waals surface area contributed by atoms with Gasteiger partial charge in [0.05, 0.1) is 10.7 Å². The molecular weight excluding hydrogens is 342 g/mol. The SMILES string of the molecule is O=C(Nc1ccc(N2CCCCC2)c(Cl)c1)C(Cl)(Cl)Cl. The Morgan fingerprint density at radius 2 is 1.80 bits per heavy atom. The molecule has 1 saturated heterocycles. The van der Waals surface area contributed by atoms with Crippen molar-refractivity contribution in [1.29, 1.82) is 0 Å². The number of anilines is 2. The molecule has 0 aliphatic carbocycles. The van der Waals surface area contributed by atoms with Crippen molar-refractivity contribution in [3.05, 3.63) is 23.2 Å². The number of halogens is 4. The summed E-state index contributed by atoms with van der Waals surface area (Å²) >= 11 is 22.8. The number of benzene rings is 1. The zero-order valence-electron chi connectivity index (χ0n) is 10.6. The summed E-state index contributed by atoms with van der Waals surface area (Å²) in [6, 6.07) is 5.30. The van der Waals surface area contributed by atoms with Crippen LogP contribution < -0.4 is 10.2 Å². The van der Waals surface area contributed by atoms with Gasteiger partial charge in [-0.1, -0.05) is 46.4 Å². The molecule has 7 heteroatoms. The molecule has 1 aromatic rings. The van der Waals surface area contributed by atoms with Crippen molar-refractivity contribution in [1.82, 2.24) is 0 Å². The number of alkyl halides is 3. The average Bonchev–Trinajstić information content (AvgIpc) is 2.38. The van der Waals surface area contributed by atoms with Crippen LogP contribution in [0.2, 0.25) is 5.02 Å². The molecular formula is C13H14Cl4N2O. The van der Waals surface area contributed by atoms with E-state index in [0.717, 1.165) is 18.8 Å². The van der Waals surface area contributed by atoms with Crippen LogP contribution in [0.15, 0.2) is 18.2 Å². The van der Waals surface area contributed by atoms with Crippen molar-refractivity contribution in [2.45, 2.75) is 23.1 Å². The second-order valence-corrected chi connectivity index (χ2v) is 7.35. The average molecular weight is 356 g/mol. The molecule has 1 fully saturated rings. The van der Waals surface area contributed by atoms with E-state index in [2.05, 4.69) is 10.2 Å². The topological polar surface area (TPSA) is 32.3 Å². The minimum atomic E-state index is -1.99. The molecule has 0 aromatic heterocycles. The Hall–Kier alpha value is -0.350. The quantitative estimate of drug-likeness (QED) is 0.784. The second kappa shape index (κ2) is 6.61. The molecule has 1 N–H and O–H groups in total.